The summed E-state index contributed by atoms with van der Waals surface area (Å²) in [6.07, 6.45) is 7.05. The highest BCUT2D eigenvalue weighted by atomic mass is 32.2. The highest BCUT2D eigenvalue weighted by Gasteiger charge is 2.34. The summed E-state index contributed by atoms with van der Waals surface area (Å²) < 4.78 is 22.3. The number of nitrogens with two attached hydrogens (primary N) is 1. The zero-order chi connectivity index (χ0) is 15.4. The molecular weight excluding hydrogens is 276 g/mol. The van der Waals surface area contributed by atoms with Crippen LogP contribution in [0.3, 0.4) is 0 Å². The number of rotatable bonds is 6. The molecule has 1 fully saturated rings. The number of sulfone groups is 1. The van der Waals surface area contributed by atoms with Gasteiger partial charge in [0.15, 0.2) is 9.84 Å². The van der Waals surface area contributed by atoms with Gasteiger partial charge < -0.3 is 11.1 Å². The molecule has 1 saturated carbocycles. The van der Waals surface area contributed by atoms with Gasteiger partial charge >= 0.3 is 0 Å². The summed E-state index contributed by atoms with van der Waals surface area (Å²) in [6.45, 7) is 3.92. The van der Waals surface area contributed by atoms with Crippen molar-refractivity contribution in [2.24, 2.45) is 11.1 Å². The summed E-state index contributed by atoms with van der Waals surface area (Å²) in [4.78, 5) is 12.1. The van der Waals surface area contributed by atoms with Crippen LogP contribution in [0.25, 0.3) is 0 Å². The van der Waals surface area contributed by atoms with Crippen LogP contribution in [0, 0.1) is 5.41 Å². The van der Waals surface area contributed by atoms with Crippen LogP contribution in [0.2, 0.25) is 0 Å². The van der Waals surface area contributed by atoms with E-state index in [9.17, 15) is 13.2 Å². The third kappa shape index (κ3) is 4.45. The van der Waals surface area contributed by atoms with E-state index in [1.54, 1.807) is 13.8 Å². The van der Waals surface area contributed by atoms with E-state index in [1.165, 1.54) is 12.7 Å². The van der Waals surface area contributed by atoms with E-state index in [2.05, 4.69) is 5.32 Å². The normalized spacial score (nSPS) is 19.6. The van der Waals surface area contributed by atoms with Crippen molar-refractivity contribution in [2.75, 3.05) is 19.3 Å². The van der Waals surface area contributed by atoms with Crippen molar-refractivity contribution in [1.82, 2.24) is 5.32 Å². The highest BCUT2D eigenvalue weighted by Crippen LogP contribution is 2.38. The molecule has 0 aromatic carbocycles. The monoisotopic (exact) mass is 304 g/mol. The minimum Gasteiger partial charge on any atom is -0.355 e. The summed E-state index contributed by atoms with van der Waals surface area (Å²) in [5, 5.41) is 2.76. The Hall–Kier alpha value is -0.620. The van der Waals surface area contributed by atoms with Crippen LogP contribution < -0.4 is 11.1 Å². The fraction of sp³-hybridized carbons (Fsp3) is 0.929. The topological polar surface area (TPSA) is 89.3 Å². The zero-order valence-electron chi connectivity index (χ0n) is 12.9. The molecule has 0 unspecified atom stereocenters. The second-order valence-electron chi connectivity index (χ2n) is 6.75. The zero-order valence-corrected chi connectivity index (χ0v) is 13.7. The third-order valence-electron chi connectivity index (χ3n) is 4.60. The van der Waals surface area contributed by atoms with Gasteiger partial charge in [0.1, 0.15) is 0 Å². The van der Waals surface area contributed by atoms with Gasteiger partial charge in [-0.05, 0) is 38.6 Å². The minimum absolute atomic E-state index is 0.0857. The number of carbonyl (C=O) groups excluding carboxylic acids is 1. The molecule has 118 valence electrons. The molecular formula is C14H28N2O3S. The lowest BCUT2D eigenvalue weighted by Crippen LogP contribution is -2.46. The average molecular weight is 304 g/mol. The summed E-state index contributed by atoms with van der Waals surface area (Å²) in [5.41, 5.74) is 5.78. The molecule has 5 nitrogen and oxygen atoms in total. The van der Waals surface area contributed by atoms with Crippen LogP contribution in [-0.2, 0) is 14.6 Å². The first-order chi connectivity index (χ1) is 9.12. The molecule has 6 heteroatoms. The first kappa shape index (κ1) is 17.4. The van der Waals surface area contributed by atoms with Crippen LogP contribution in [0.4, 0.5) is 0 Å². The Morgan fingerprint density at radius 2 is 1.80 bits per heavy atom. The molecule has 1 amide bonds. The van der Waals surface area contributed by atoms with Gasteiger partial charge in [0.05, 0.1) is 4.75 Å². The number of hydrogen-bond donors (Lipinski definition) is 2. The molecule has 1 aliphatic carbocycles. The number of carbonyl (C=O) groups is 1. The first-order valence-electron chi connectivity index (χ1n) is 7.28. The lowest BCUT2D eigenvalue weighted by Gasteiger charge is -2.36. The van der Waals surface area contributed by atoms with E-state index in [1.807, 2.05) is 0 Å². The van der Waals surface area contributed by atoms with Crippen molar-refractivity contribution in [2.45, 2.75) is 57.1 Å². The first-order valence-corrected chi connectivity index (χ1v) is 9.17. The number of nitrogens with one attached hydrogen (secondary N) is 1. The van der Waals surface area contributed by atoms with Gasteiger partial charge in [-0.3, -0.25) is 4.79 Å². The van der Waals surface area contributed by atoms with Crippen molar-refractivity contribution < 1.29 is 13.2 Å². The lowest BCUT2D eigenvalue weighted by atomic mass is 9.71. The van der Waals surface area contributed by atoms with E-state index in [0.717, 1.165) is 25.7 Å². The average Bonchev–Trinajstić information content (AvgIpc) is 2.36. The van der Waals surface area contributed by atoms with Crippen LogP contribution >= 0.6 is 0 Å². The molecule has 1 rings (SSSR count). The van der Waals surface area contributed by atoms with Crippen LogP contribution in [-0.4, -0.2) is 38.4 Å². The Bertz CT molecular complexity index is 437. The maximum Gasteiger partial charge on any atom is 0.220 e. The molecule has 0 aliphatic heterocycles. The van der Waals surface area contributed by atoms with Gasteiger partial charge in [0.2, 0.25) is 5.91 Å². The van der Waals surface area contributed by atoms with Crippen LogP contribution in [0.15, 0.2) is 0 Å². The Morgan fingerprint density at radius 1 is 1.25 bits per heavy atom. The Balaban J connectivity index is 2.55. The molecule has 3 N–H and O–H groups in total. The smallest absolute Gasteiger partial charge is 0.220 e. The van der Waals surface area contributed by atoms with Crippen molar-refractivity contribution in [3.63, 3.8) is 0 Å². The van der Waals surface area contributed by atoms with Gasteiger partial charge in [-0.25, -0.2) is 8.42 Å². The van der Waals surface area contributed by atoms with Crippen molar-refractivity contribution in [1.29, 1.82) is 0 Å². The molecule has 0 saturated heterocycles. The standard InChI is InChI=1S/C14H28N2O3S/c1-13(2,20(3,18)19)11-16-12(17)9-14(10-15)7-5-4-6-8-14/h4-11,15H2,1-3H3,(H,16,17). The van der Waals surface area contributed by atoms with Crippen LogP contribution in [0.5, 0.6) is 0 Å². The van der Waals surface area contributed by atoms with Gasteiger partial charge in [0, 0.05) is 19.2 Å². The van der Waals surface area contributed by atoms with E-state index in [4.69, 9.17) is 5.73 Å². The largest absolute Gasteiger partial charge is 0.355 e. The quantitative estimate of drug-likeness (QED) is 0.772. The van der Waals surface area contributed by atoms with Crippen LogP contribution in [0.1, 0.15) is 52.4 Å². The molecule has 0 heterocycles. The van der Waals surface area contributed by atoms with E-state index in [0.29, 0.717) is 13.0 Å². The summed E-state index contributed by atoms with van der Waals surface area (Å²) >= 11 is 0. The fourth-order valence-electron chi connectivity index (χ4n) is 2.60. The Labute approximate surface area is 122 Å². The van der Waals surface area contributed by atoms with E-state index < -0.39 is 14.6 Å². The Kier molecular flexibility index (Phi) is 5.61. The van der Waals surface area contributed by atoms with E-state index >= 15 is 0 Å². The second-order valence-corrected chi connectivity index (χ2v) is 9.40. The van der Waals surface area contributed by atoms with E-state index in [-0.39, 0.29) is 17.9 Å². The molecule has 0 spiro atoms. The SMILES string of the molecule is CC(C)(CNC(=O)CC1(CN)CCCCC1)S(C)(=O)=O. The van der Waals surface area contributed by atoms with Gasteiger partial charge in [-0.2, -0.15) is 0 Å². The van der Waals surface area contributed by atoms with Crippen molar-refractivity contribution >= 4 is 15.7 Å². The lowest BCUT2D eigenvalue weighted by molar-refractivity contribution is -0.124. The van der Waals surface area contributed by atoms with Gasteiger partial charge in [0.25, 0.3) is 0 Å². The summed E-state index contributed by atoms with van der Waals surface area (Å²) in [6, 6.07) is 0. The van der Waals surface area contributed by atoms with Gasteiger partial charge in [-0.15, -0.1) is 0 Å². The maximum atomic E-state index is 12.1. The molecule has 20 heavy (non-hydrogen) atoms. The number of hydrogen-bond acceptors (Lipinski definition) is 4. The molecule has 0 bridgehead atoms. The molecule has 0 atom stereocenters. The summed E-state index contributed by atoms with van der Waals surface area (Å²) in [5.74, 6) is -0.0888. The predicted molar refractivity (Wildman–Crippen MR) is 81.1 cm³/mol. The van der Waals surface area contributed by atoms with Crippen molar-refractivity contribution in [3.8, 4) is 0 Å². The highest BCUT2D eigenvalue weighted by molar-refractivity contribution is 7.92. The predicted octanol–water partition coefficient (Wildman–Crippen LogP) is 1.23. The van der Waals surface area contributed by atoms with Crippen molar-refractivity contribution in [3.05, 3.63) is 0 Å². The number of amides is 1. The minimum atomic E-state index is -3.19. The second kappa shape index (κ2) is 6.43. The fourth-order valence-corrected chi connectivity index (χ4v) is 2.93. The van der Waals surface area contributed by atoms with Gasteiger partial charge in [-0.1, -0.05) is 19.3 Å². The maximum absolute atomic E-state index is 12.1. The molecule has 0 aromatic rings. The molecule has 1 aliphatic rings. The molecule has 0 radical (unpaired) electrons. The summed E-state index contributed by atoms with van der Waals surface area (Å²) in [7, 11) is -3.19. The molecule has 0 aromatic heterocycles. The third-order valence-corrected chi connectivity index (χ3v) is 6.75. The Morgan fingerprint density at radius 3 is 2.25 bits per heavy atom.